The highest BCUT2D eigenvalue weighted by molar-refractivity contribution is 5.65. The van der Waals surface area contributed by atoms with Crippen LogP contribution in [-0.4, -0.2) is 22.7 Å². The zero-order valence-electron chi connectivity index (χ0n) is 13.1. The standard InChI is InChI=1S/C18H15F3N4/c19-18(20,21)12-22-15-11-16(23-14-9-5-2-6-10-14)25-17(24-15)13-7-3-1-4-8-13/h1-11H,12H2,(H2,22,23,24,25). The van der Waals surface area contributed by atoms with Crippen molar-refractivity contribution in [2.45, 2.75) is 6.18 Å². The molecule has 0 aliphatic carbocycles. The number of nitrogens with zero attached hydrogens (tertiary/aromatic N) is 2. The topological polar surface area (TPSA) is 49.8 Å². The average Bonchev–Trinajstić information content (AvgIpc) is 2.61. The van der Waals surface area contributed by atoms with Crippen LogP contribution in [0.2, 0.25) is 0 Å². The molecule has 0 bridgehead atoms. The number of rotatable bonds is 5. The van der Waals surface area contributed by atoms with Crippen LogP contribution in [0.5, 0.6) is 0 Å². The largest absolute Gasteiger partial charge is 0.405 e. The minimum atomic E-state index is -4.33. The fourth-order valence-corrected chi connectivity index (χ4v) is 2.18. The number of para-hydroxylation sites is 1. The summed E-state index contributed by atoms with van der Waals surface area (Å²) >= 11 is 0. The molecule has 0 spiro atoms. The molecule has 0 aliphatic rings. The predicted octanol–water partition coefficient (Wildman–Crippen LogP) is 4.86. The Kier molecular flexibility index (Phi) is 4.83. The molecule has 3 aromatic rings. The predicted molar refractivity (Wildman–Crippen MR) is 91.7 cm³/mol. The summed E-state index contributed by atoms with van der Waals surface area (Å²) in [6.45, 7) is -1.16. The molecule has 2 N–H and O–H groups in total. The van der Waals surface area contributed by atoms with E-state index in [2.05, 4.69) is 20.6 Å². The molecule has 0 saturated carbocycles. The third-order valence-corrected chi connectivity index (χ3v) is 3.27. The van der Waals surface area contributed by atoms with Crippen LogP contribution >= 0.6 is 0 Å². The minimum Gasteiger partial charge on any atom is -0.361 e. The van der Waals surface area contributed by atoms with Crippen LogP contribution in [-0.2, 0) is 0 Å². The van der Waals surface area contributed by atoms with E-state index in [0.717, 1.165) is 5.69 Å². The van der Waals surface area contributed by atoms with Gasteiger partial charge in [0, 0.05) is 17.3 Å². The minimum absolute atomic E-state index is 0.101. The molecule has 0 atom stereocenters. The summed E-state index contributed by atoms with van der Waals surface area (Å²) < 4.78 is 37.5. The van der Waals surface area contributed by atoms with Crippen LogP contribution in [0.3, 0.4) is 0 Å². The molecular formula is C18H15F3N4. The molecule has 1 heterocycles. The number of halogens is 3. The van der Waals surface area contributed by atoms with E-state index in [9.17, 15) is 13.2 Å². The van der Waals surface area contributed by atoms with Gasteiger partial charge in [-0.05, 0) is 12.1 Å². The van der Waals surface area contributed by atoms with E-state index < -0.39 is 12.7 Å². The third-order valence-electron chi connectivity index (χ3n) is 3.27. The van der Waals surface area contributed by atoms with Gasteiger partial charge < -0.3 is 10.6 Å². The SMILES string of the molecule is FC(F)(F)CNc1cc(Nc2ccccc2)nc(-c2ccccc2)n1. The second-order valence-electron chi connectivity index (χ2n) is 5.29. The number of nitrogens with one attached hydrogen (secondary N) is 2. The number of anilines is 3. The van der Waals surface area contributed by atoms with E-state index in [0.29, 0.717) is 17.2 Å². The molecule has 4 nitrogen and oxygen atoms in total. The van der Waals surface area contributed by atoms with Gasteiger partial charge in [-0.3, -0.25) is 0 Å². The number of hydrogen-bond acceptors (Lipinski definition) is 4. The molecule has 0 amide bonds. The molecule has 128 valence electrons. The van der Waals surface area contributed by atoms with Gasteiger partial charge in [-0.1, -0.05) is 48.5 Å². The molecule has 25 heavy (non-hydrogen) atoms. The van der Waals surface area contributed by atoms with Crippen LogP contribution in [0.4, 0.5) is 30.5 Å². The fraction of sp³-hybridized carbons (Fsp3) is 0.111. The van der Waals surface area contributed by atoms with Crippen molar-refractivity contribution in [1.29, 1.82) is 0 Å². The van der Waals surface area contributed by atoms with E-state index in [1.54, 1.807) is 12.1 Å². The number of alkyl halides is 3. The zero-order valence-corrected chi connectivity index (χ0v) is 13.1. The summed E-state index contributed by atoms with van der Waals surface area (Å²) in [5.41, 5.74) is 1.50. The average molecular weight is 344 g/mol. The van der Waals surface area contributed by atoms with Gasteiger partial charge >= 0.3 is 6.18 Å². The van der Waals surface area contributed by atoms with Crippen molar-refractivity contribution >= 4 is 17.3 Å². The van der Waals surface area contributed by atoms with Gasteiger partial charge in [-0.25, -0.2) is 9.97 Å². The van der Waals surface area contributed by atoms with E-state index in [1.165, 1.54) is 6.07 Å². The number of hydrogen-bond donors (Lipinski definition) is 2. The van der Waals surface area contributed by atoms with Gasteiger partial charge in [0.15, 0.2) is 5.82 Å². The van der Waals surface area contributed by atoms with Gasteiger partial charge in [0.2, 0.25) is 0 Å². The van der Waals surface area contributed by atoms with E-state index >= 15 is 0 Å². The van der Waals surface area contributed by atoms with Crippen LogP contribution in [0.1, 0.15) is 0 Å². The lowest BCUT2D eigenvalue weighted by atomic mass is 10.2. The van der Waals surface area contributed by atoms with Gasteiger partial charge in [0.1, 0.15) is 18.2 Å². The van der Waals surface area contributed by atoms with Gasteiger partial charge in [-0.15, -0.1) is 0 Å². The number of aromatic nitrogens is 2. The molecule has 7 heteroatoms. The zero-order chi connectivity index (χ0) is 17.7. The van der Waals surface area contributed by atoms with E-state index in [4.69, 9.17) is 0 Å². The van der Waals surface area contributed by atoms with E-state index in [1.807, 2.05) is 48.5 Å². The first-order valence-corrected chi connectivity index (χ1v) is 7.57. The molecule has 0 saturated heterocycles. The molecule has 2 aromatic carbocycles. The molecule has 3 rings (SSSR count). The summed E-state index contributed by atoms with van der Waals surface area (Å²) in [5.74, 6) is 0.848. The fourth-order valence-electron chi connectivity index (χ4n) is 2.18. The summed E-state index contributed by atoms with van der Waals surface area (Å²) in [4.78, 5) is 8.59. The molecular weight excluding hydrogens is 329 g/mol. The first kappa shape index (κ1) is 16.8. The lowest BCUT2D eigenvalue weighted by Crippen LogP contribution is -2.22. The van der Waals surface area contributed by atoms with Crippen molar-refractivity contribution in [3.63, 3.8) is 0 Å². The van der Waals surface area contributed by atoms with Crippen molar-refractivity contribution in [2.75, 3.05) is 17.2 Å². The molecule has 0 aliphatic heterocycles. The van der Waals surface area contributed by atoms with Crippen molar-refractivity contribution < 1.29 is 13.2 Å². The Bertz CT molecular complexity index is 821. The summed E-state index contributed by atoms with van der Waals surface area (Å²) in [5, 5.41) is 5.38. The molecule has 0 radical (unpaired) electrons. The van der Waals surface area contributed by atoms with Crippen LogP contribution in [0.15, 0.2) is 66.7 Å². The highest BCUT2D eigenvalue weighted by Crippen LogP contribution is 2.23. The van der Waals surface area contributed by atoms with E-state index in [-0.39, 0.29) is 5.82 Å². The van der Waals surface area contributed by atoms with Crippen molar-refractivity contribution in [1.82, 2.24) is 9.97 Å². The Morgan fingerprint density at radius 3 is 2.04 bits per heavy atom. The molecule has 0 unspecified atom stereocenters. The van der Waals surface area contributed by atoms with Crippen molar-refractivity contribution in [3.8, 4) is 11.4 Å². The Balaban J connectivity index is 1.93. The van der Waals surface area contributed by atoms with Crippen LogP contribution < -0.4 is 10.6 Å². The van der Waals surface area contributed by atoms with Gasteiger partial charge in [0.05, 0.1) is 0 Å². The molecule has 0 fully saturated rings. The first-order valence-electron chi connectivity index (χ1n) is 7.57. The van der Waals surface area contributed by atoms with Crippen LogP contribution in [0, 0.1) is 0 Å². The maximum atomic E-state index is 12.5. The quantitative estimate of drug-likeness (QED) is 0.694. The maximum Gasteiger partial charge on any atom is 0.405 e. The summed E-state index contributed by atoms with van der Waals surface area (Å²) in [6.07, 6.45) is -4.33. The lowest BCUT2D eigenvalue weighted by Gasteiger charge is -2.13. The van der Waals surface area contributed by atoms with Gasteiger partial charge in [0.25, 0.3) is 0 Å². The summed E-state index contributed by atoms with van der Waals surface area (Å²) in [7, 11) is 0. The maximum absolute atomic E-state index is 12.5. The van der Waals surface area contributed by atoms with Crippen LogP contribution in [0.25, 0.3) is 11.4 Å². The second-order valence-corrected chi connectivity index (χ2v) is 5.29. The Hall–Kier alpha value is -3.09. The Labute approximate surface area is 142 Å². The smallest absolute Gasteiger partial charge is 0.361 e. The van der Waals surface area contributed by atoms with Crippen molar-refractivity contribution in [3.05, 3.63) is 66.7 Å². The normalized spacial score (nSPS) is 11.2. The molecule has 1 aromatic heterocycles. The van der Waals surface area contributed by atoms with Crippen molar-refractivity contribution in [2.24, 2.45) is 0 Å². The van der Waals surface area contributed by atoms with Gasteiger partial charge in [-0.2, -0.15) is 13.2 Å². The monoisotopic (exact) mass is 344 g/mol. The second kappa shape index (κ2) is 7.21. The first-order chi connectivity index (χ1) is 12.0. The highest BCUT2D eigenvalue weighted by Gasteiger charge is 2.27. The Morgan fingerprint density at radius 1 is 0.800 bits per heavy atom. The third kappa shape index (κ3) is 4.94. The lowest BCUT2D eigenvalue weighted by molar-refractivity contribution is -0.115. The number of benzene rings is 2. The summed E-state index contributed by atoms with van der Waals surface area (Å²) in [6, 6.07) is 19.8. The Morgan fingerprint density at radius 2 is 1.40 bits per heavy atom. The highest BCUT2D eigenvalue weighted by atomic mass is 19.4.